The maximum absolute atomic E-state index is 12.7. The van der Waals surface area contributed by atoms with Crippen molar-refractivity contribution in [3.05, 3.63) is 64.5 Å². The molecular formula is C28H31N5O4. The van der Waals surface area contributed by atoms with Crippen molar-refractivity contribution in [2.75, 3.05) is 30.9 Å². The maximum atomic E-state index is 12.7. The van der Waals surface area contributed by atoms with Crippen molar-refractivity contribution in [3.63, 3.8) is 0 Å². The number of hydrogen-bond donors (Lipinski definition) is 3. The second kappa shape index (κ2) is 10.5. The number of nitrogens with zero attached hydrogens (tertiary/aromatic N) is 3. The Morgan fingerprint density at radius 2 is 1.84 bits per heavy atom. The van der Waals surface area contributed by atoms with Gasteiger partial charge < -0.3 is 25.1 Å². The van der Waals surface area contributed by atoms with Gasteiger partial charge in [-0.3, -0.25) is 4.79 Å². The summed E-state index contributed by atoms with van der Waals surface area (Å²) in [4.78, 5) is 36.0. The molecule has 37 heavy (non-hydrogen) atoms. The summed E-state index contributed by atoms with van der Waals surface area (Å²) in [5.74, 6) is 1.80. The minimum atomic E-state index is -0.542. The van der Waals surface area contributed by atoms with E-state index < -0.39 is 5.63 Å². The van der Waals surface area contributed by atoms with Crippen LogP contribution >= 0.6 is 0 Å². The van der Waals surface area contributed by atoms with Gasteiger partial charge in [0.15, 0.2) is 0 Å². The number of fused-ring (bicyclic) bond motifs is 2. The summed E-state index contributed by atoms with van der Waals surface area (Å²) in [7, 11) is 3.97. The van der Waals surface area contributed by atoms with Gasteiger partial charge in [0.25, 0.3) is 0 Å². The van der Waals surface area contributed by atoms with Gasteiger partial charge in [-0.2, -0.15) is 4.98 Å². The molecule has 0 aliphatic heterocycles. The Labute approximate surface area is 214 Å². The van der Waals surface area contributed by atoms with Crippen molar-refractivity contribution in [1.82, 2.24) is 15.3 Å². The SMILES string of the molecule is CN(C)c1nc(NC2CCC(CNC(=O)Cc3cc(=O)oc4cc(O)ccc34)CC2)nc2ccccc12. The normalized spacial score (nSPS) is 17.6. The highest BCUT2D eigenvalue weighted by molar-refractivity contribution is 5.90. The summed E-state index contributed by atoms with van der Waals surface area (Å²) in [6, 6.07) is 14.2. The summed E-state index contributed by atoms with van der Waals surface area (Å²) < 4.78 is 5.15. The number of aromatic hydroxyl groups is 1. The van der Waals surface area contributed by atoms with Gasteiger partial charge in [0.1, 0.15) is 17.2 Å². The van der Waals surface area contributed by atoms with E-state index in [9.17, 15) is 14.7 Å². The third-order valence-electron chi connectivity index (χ3n) is 6.94. The molecule has 2 heterocycles. The first-order valence-electron chi connectivity index (χ1n) is 12.6. The number of amides is 1. The molecule has 4 aromatic rings. The smallest absolute Gasteiger partial charge is 0.336 e. The van der Waals surface area contributed by atoms with E-state index in [1.165, 1.54) is 18.2 Å². The van der Waals surface area contributed by atoms with Gasteiger partial charge >= 0.3 is 5.63 Å². The Hall–Kier alpha value is -4.14. The summed E-state index contributed by atoms with van der Waals surface area (Å²) in [6.45, 7) is 0.600. The monoisotopic (exact) mass is 501 g/mol. The second-order valence-electron chi connectivity index (χ2n) is 9.90. The van der Waals surface area contributed by atoms with E-state index >= 15 is 0 Å². The van der Waals surface area contributed by atoms with Crippen LogP contribution in [0.15, 0.2) is 57.7 Å². The zero-order chi connectivity index (χ0) is 25.9. The number of anilines is 2. The predicted molar refractivity (Wildman–Crippen MR) is 144 cm³/mol. The molecule has 192 valence electrons. The molecule has 2 aromatic heterocycles. The topological polar surface area (TPSA) is 121 Å². The Kier molecular flexibility index (Phi) is 6.94. The van der Waals surface area contributed by atoms with Gasteiger partial charge in [-0.1, -0.05) is 12.1 Å². The molecule has 0 unspecified atom stereocenters. The number of nitrogens with one attached hydrogen (secondary N) is 2. The lowest BCUT2D eigenvalue weighted by atomic mass is 9.86. The van der Waals surface area contributed by atoms with Crippen LogP contribution in [0.2, 0.25) is 0 Å². The number of hydrogen-bond acceptors (Lipinski definition) is 8. The lowest BCUT2D eigenvalue weighted by Gasteiger charge is -2.29. The minimum Gasteiger partial charge on any atom is -0.508 e. The number of rotatable bonds is 7. The van der Waals surface area contributed by atoms with E-state index in [0.29, 0.717) is 29.4 Å². The van der Waals surface area contributed by atoms with E-state index in [-0.39, 0.29) is 29.7 Å². The number of aromatic nitrogens is 2. The van der Waals surface area contributed by atoms with Gasteiger partial charge in [0, 0.05) is 49.6 Å². The lowest BCUT2D eigenvalue weighted by molar-refractivity contribution is -0.120. The number of phenolic OH excluding ortho intramolecular Hbond substituents is 1. The van der Waals surface area contributed by atoms with Gasteiger partial charge in [-0.25, -0.2) is 9.78 Å². The highest BCUT2D eigenvalue weighted by atomic mass is 16.4. The summed E-state index contributed by atoms with van der Waals surface area (Å²) in [6.07, 6.45) is 4.01. The quantitative estimate of drug-likeness (QED) is 0.327. The molecule has 0 radical (unpaired) electrons. The summed E-state index contributed by atoms with van der Waals surface area (Å²) >= 11 is 0. The fraction of sp³-hybridized carbons (Fsp3) is 0.357. The van der Waals surface area contributed by atoms with E-state index in [1.54, 1.807) is 6.07 Å². The van der Waals surface area contributed by atoms with Crippen LogP contribution in [0.3, 0.4) is 0 Å². The number of para-hydroxylation sites is 1. The lowest BCUT2D eigenvalue weighted by Crippen LogP contribution is -2.35. The Bertz CT molecular complexity index is 1490. The van der Waals surface area contributed by atoms with Crippen LogP contribution in [-0.2, 0) is 11.2 Å². The minimum absolute atomic E-state index is 0.00709. The molecule has 0 bridgehead atoms. The first-order valence-corrected chi connectivity index (χ1v) is 12.6. The Balaban J connectivity index is 1.15. The van der Waals surface area contributed by atoms with Crippen LogP contribution < -0.4 is 21.2 Å². The number of carbonyl (C=O) groups excluding carboxylic acids is 1. The van der Waals surface area contributed by atoms with E-state index in [0.717, 1.165) is 42.4 Å². The van der Waals surface area contributed by atoms with Gasteiger partial charge in [-0.15, -0.1) is 0 Å². The molecule has 1 aliphatic carbocycles. The van der Waals surface area contributed by atoms with Crippen molar-refractivity contribution in [2.24, 2.45) is 5.92 Å². The van der Waals surface area contributed by atoms with Crippen molar-refractivity contribution in [3.8, 4) is 5.75 Å². The fourth-order valence-corrected chi connectivity index (χ4v) is 5.02. The van der Waals surface area contributed by atoms with Crippen molar-refractivity contribution < 1.29 is 14.3 Å². The molecule has 0 spiro atoms. The predicted octanol–water partition coefficient (Wildman–Crippen LogP) is 3.84. The molecule has 9 nitrogen and oxygen atoms in total. The van der Waals surface area contributed by atoms with Gasteiger partial charge in [-0.05, 0) is 61.4 Å². The summed E-state index contributed by atoms with van der Waals surface area (Å²) in [5.41, 5.74) is 1.24. The highest BCUT2D eigenvalue weighted by Crippen LogP contribution is 2.28. The molecule has 1 fully saturated rings. The number of carbonyl (C=O) groups is 1. The second-order valence-corrected chi connectivity index (χ2v) is 9.90. The molecule has 5 rings (SSSR count). The molecule has 3 N–H and O–H groups in total. The van der Waals surface area contributed by atoms with Crippen molar-refractivity contribution in [2.45, 2.75) is 38.1 Å². The first kappa shape index (κ1) is 24.5. The Morgan fingerprint density at radius 1 is 1.05 bits per heavy atom. The summed E-state index contributed by atoms with van der Waals surface area (Å²) in [5, 5.41) is 17.9. The zero-order valence-corrected chi connectivity index (χ0v) is 21.0. The average molecular weight is 502 g/mol. The van der Waals surface area contributed by atoms with Crippen molar-refractivity contribution >= 4 is 39.5 Å². The molecule has 0 atom stereocenters. The van der Waals surface area contributed by atoms with E-state index in [2.05, 4.69) is 10.6 Å². The largest absolute Gasteiger partial charge is 0.508 e. The Morgan fingerprint density at radius 3 is 2.62 bits per heavy atom. The molecule has 1 amide bonds. The van der Waals surface area contributed by atoms with Crippen LogP contribution in [0.5, 0.6) is 5.75 Å². The highest BCUT2D eigenvalue weighted by Gasteiger charge is 2.23. The van der Waals surface area contributed by atoms with Gasteiger partial charge in [0.05, 0.1) is 11.9 Å². The van der Waals surface area contributed by atoms with Crippen LogP contribution in [-0.4, -0.2) is 47.7 Å². The van der Waals surface area contributed by atoms with Crippen LogP contribution in [0.25, 0.3) is 21.9 Å². The fourth-order valence-electron chi connectivity index (χ4n) is 5.02. The van der Waals surface area contributed by atoms with Crippen LogP contribution in [0, 0.1) is 5.92 Å². The van der Waals surface area contributed by atoms with Crippen LogP contribution in [0.4, 0.5) is 11.8 Å². The van der Waals surface area contributed by atoms with Crippen LogP contribution in [0.1, 0.15) is 31.2 Å². The zero-order valence-electron chi connectivity index (χ0n) is 21.0. The standard InChI is InChI=1S/C28H31N5O4/c1-33(2)27-22-5-3-4-6-23(22)31-28(32-27)30-19-9-7-17(8-10-19)16-29-25(35)13-18-14-26(36)37-24-15-20(34)11-12-21(18)24/h3-6,11-12,14-15,17,19,34H,7-10,13,16H2,1-2H3,(H,29,35)(H,30,31,32). The third-order valence-corrected chi connectivity index (χ3v) is 6.94. The third kappa shape index (κ3) is 5.66. The molecule has 2 aromatic carbocycles. The van der Waals surface area contributed by atoms with Crippen molar-refractivity contribution in [1.29, 1.82) is 0 Å². The molecule has 1 saturated carbocycles. The van der Waals surface area contributed by atoms with Gasteiger partial charge in [0.2, 0.25) is 11.9 Å². The average Bonchev–Trinajstić information content (AvgIpc) is 2.87. The molecule has 1 aliphatic rings. The molecule has 9 heteroatoms. The maximum Gasteiger partial charge on any atom is 0.336 e. The number of phenols is 1. The number of benzene rings is 2. The molecule has 0 saturated heterocycles. The first-order chi connectivity index (χ1) is 17.9. The molecular weight excluding hydrogens is 470 g/mol. The van der Waals surface area contributed by atoms with E-state index in [4.69, 9.17) is 14.4 Å². The van der Waals surface area contributed by atoms with E-state index in [1.807, 2.05) is 43.3 Å².